The molecule has 1 N–H and O–H groups in total. The number of rotatable bonds is 5. The van der Waals surface area contributed by atoms with Crippen LogP contribution in [0.15, 0.2) is 27.4 Å². The summed E-state index contributed by atoms with van der Waals surface area (Å²) < 4.78 is 10.8. The van der Waals surface area contributed by atoms with Crippen molar-refractivity contribution in [3.63, 3.8) is 0 Å². The molecule has 0 fully saturated rings. The highest BCUT2D eigenvalue weighted by atomic mass is 16.5. The number of nitrogens with one attached hydrogen (secondary N) is 1. The molecular formula is C17H20N2O5. The second-order valence-corrected chi connectivity index (χ2v) is 5.53. The van der Waals surface area contributed by atoms with E-state index in [0.717, 1.165) is 10.9 Å². The first-order valence-corrected chi connectivity index (χ1v) is 7.45. The highest BCUT2D eigenvalue weighted by molar-refractivity contribution is 5.86. The molecule has 0 unspecified atom stereocenters. The topological polar surface area (TPSA) is 88.9 Å². The van der Waals surface area contributed by atoms with E-state index in [-0.39, 0.29) is 25.0 Å². The Balaban J connectivity index is 2.16. The van der Waals surface area contributed by atoms with Crippen molar-refractivity contribution >= 4 is 22.8 Å². The van der Waals surface area contributed by atoms with Crippen molar-refractivity contribution in [2.75, 3.05) is 27.2 Å². The van der Waals surface area contributed by atoms with Gasteiger partial charge >= 0.3 is 5.63 Å². The lowest BCUT2D eigenvalue weighted by Crippen LogP contribution is -2.39. The summed E-state index contributed by atoms with van der Waals surface area (Å²) in [6.07, 6.45) is 0. The predicted octanol–water partition coefficient (Wildman–Crippen LogP) is 0.993. The standard InChI is InChI=1S/C17H20N2O5/c1-10-7-16(22)24-17-11(2)13(6-5-12(10)17)23-9-15(21)19(4)8-14(20)18-3/h5-7H,8-9H2,1-4H3,(H,18,20). The van der Waals surface area contributed by atoms with Crippen LogP contribution in [0.4, 0.5) is 0 Å². The molecule has 2 amide bonds. The minimum Gasteiger partial charge on any atom is -0.483 e. The number of hydrogen-bond donors (Lipinski definition) is 1. The van der Waals surface area contributed by atoms with E-state index in [2.05, 4.69) is 5.32 Å². The lowest BCUT2D eigenvalue weighted by molar-refractivity contribution is -0.136. The summed E-state index contributed by atoms with van der Waals surface area (Å²) in [6.45, 7) is 3.34. The van der Waals surface area contributed by atoms with Gasteiger partial charge in [0.25, 0.3) is 5.91 Å². The summed E-state index contributed by atoms with van der Waals surface area (Å²) in [4.78, 5) is 36.1. The Morgan fingerprint density at radius 2 is 2.00 bits per heavy atom. The fraction of sp³-hybridized carbons (Fsp3) is 0.353. The van der Waals surface area contributed by atoms with Crippen LogP contribution in [0.1, 0.15) is 11.1 Å². The van der Waals surface area contributed by atoms with Gasteiger partial charge in [-0.3, -0.25) is 9.59 Å². The molecular weight excluding hydrogens is 312 g/mol. The van der Waals surface area contributed by atoms with Crippen molar-refractivity contribution < 1.29 is 18.7 Å². The van der Waals surface area contributed by atoms with Crippen LogP contribution in [-0.4, -0.2) is 44.0 Å². The van der Waals surface area contributed by atoms with Gasteiger partial charge in [0, 0.05) is 31.1 Å². The average Bonchev–Trinajstić information content (AvgIpc) is 2.54. The van der Waals surface area contributed by atoms with Crippen molar-refractivity contribution in [3.8, 4) is 5.75 Å². The predicted molar refractivity (Wildman–Crippen MR) is 89.2 cm³/mol. The first kappa shape index (κ1) is 17.5. The molecule has 1 heterocycles. The van der Waals surface area contributed by atoms with Crippen molar-refractivity contribution in [1.82, 2.24) is 10.2 Å². The van der Waals surface area contributed by atoms with E-state index in [1.54, 1.807) is 19.1 Å². The molecule has 0 bridgehead atoms. The highest BCUT2D eigenvalue weighted by Crippen LogP contribution is 2.28. The summed E-state index contributed by atoms with van der Waals surface area (Å²) in [7, 11) is 3.03. The first-order chi connectivity index (χ1) is 11.3. The second kappa shape index (κ2) is 7.16. The molecule has 2 aromatic rings. The zero-order chi connectivity index (χ0) is 17.9. The van der Waals surface area contributed by atoms with Gasteiger partial charge in [0.05, 0.1) is 6.54 Å². The van der Waals surface area contributed by atoms with E-state index in [4.69, 9.17) is 9.15 Å². The Labute approximate surface area is 139 Å². The third-order valence-electron chi connectivity index (χ3n) is 3.75. The number of likely N-dealkylation sites (N-methyl/N-ethyl adjacent to an activating group) is 2. The zero-order valence-electron chi connectivity index (χ0n) is 14.1. The van der Waals surface area contributed by atoms with Gasteiger partial charge in [-0.2, -0.15) is 0 Å². The highest BCUT2D eigenvalue weighted by Gasteiger charge is 2.15. The molecule has 7 heteroatoms. The van der Waals surface area contributed by atoms with E-state index in [0.29, 0.717) is 16.9 Å². The van der Waals surface area contributed by atoms with Crippen molar-refractivity contribution in [3.05, 3.63) is 39.7 Å². The summed E-state index contributed by atoms with van der Waals surface area (Å²) in [5.41, 5.74) is 1.48. The number of carbonyl (C=O) groups is 2. The lowest BCUT2D eigenvalue weighted by atomic mass is 10.1. The summed E-state index contributed by atoms with van der Waals surface area (Å²) in [5.74, 6) is -0.133. The number of nitrogens with zero attached hydrogens (tertiary/aromatic N) is 1. The second-order valence-electron chi connectivity index (χ2n) is 5.53. The Kier molecular flexibility index (Phi) is 5.23. The molecule has 1 aromatic heterocycles. The normalized spacial score (nSPS) is 10.5. The zero-order valence-corrected chi connectivity index (χ0v) is 14.1. The maximum Gasteiger partial charge on any atom is 0.336 e. The van der Waals surface area contributed by atoms with Gasteiger partial charge in [-0.25, -0.2) is 4.79 Å². The van der Waals surface area contributed by atoms with Crippen LogP contribution in [0.2, 0.25) is 0 Å². The van der Waals surface area contributed by atoms with Gasteiger partial charge in [-0.05, 0) is 31.5 Å². The summed E-state index contributed by atoms with van der Waals surface area (Å²) in [5, 5.41) is 3.27. The third kappa shape index (κ3) is 3.73. The van der Waals surface area contributed by atoms with Crippen molar-refractivity contribution in [2.45, 2.75) is 13.8 Å². The van der Waals surface area contributed by atoms with Gasteiger partial charge in [-0.1, -0.05) is 0 Å². The van der Waals surface area contributed by atoms with E-state index in [1.807, 2.05) is 6.92 Å². The molecule has 1 aromatic carbocycles. The minimum absolute atomic E-state index is 0.0382. The quantitative estimate of drug-likeness (QED) is 0.825. The van der Waals surface area contributed by atoms with E-state index >= 15 is 0 Å². The van der Waals surface area contributed by atoms with Crippen LogP contribution in [-0.2, 0) is 9.59 Å². The molecule has 0 saturated heterocycles. The molecule has 2 rings (SSSR count). The summed E-state index contributed by atoms with van der Waals surface area (Å²) >= 11 is 0. The Bertz CT molecular complexity index is 841. The maximum absolute atomic E-state index is 12.0. The first-order valence-electron chi connectivity index (χ1n) is 7.45. The van der Waals surface area contributed by atoms with Crippen LogP contribution in [0.25, 0.3) is 11.0 Å². The number of aryl methyl sites for hydroxylation is 2. The molecule has 0 spiro atoms. The number of benzene rings is 1. The molecule has 0 aliphatic heterocycles. The largest absolute Gasteiger partial charge is 0.483 e. The number of amides is 2. The van der Waals surface area contributed by atoms with Gasteiger partial charge in [0.2, 0.25) is 5.91 Å². The van der Waals surface area contributed by atoms with Crippen molar-refractivity contribution in [2.24, 2.45) is 0 Å². The van der Waals surface area contributed by atoms with E-state index in [1.165, 1.54) is 25.1 Å². The molecule has 7 nitrogen and oxygen atoms in total. The van der Waals surface area contributed by atoms with Gasteiger partial charge in [0.15, 0.2) is 6.61 Å². The fourth-order valence-electron chi connectivity index (χ4n) is 2.29. The third-order valence-corrected chi connectivity index (χ3v) is 3.75. The Hall–Kier alpha value is -2.83. The molecule has 0 aliphatic carbocycles. The molecule has 128 valence electrons. The van der Waals surface area contributed by atoms with Crippen LogP contribution in [0.3, 0.4) is 0 Å². The van der Waals surface area contributed by atoms with E-state index in [9.17, 15) is 14.4 Å². The molecule has 24 heavy (non-hydrogen) atoms. The van der Waals surface area contributed by atoms with Crippen LogP contribution in [0, 0.1) is 13.8 Å². The van der Waals surface area contributed by atoms with Gasteiger partial charge < -0.3 is 19.4 Å². The van der Waals surface area contributed by atoms with Crippen molar-refractivity contribution in [1.29, 1.82) is 0 Å². The monoisotopic (exact) mass is 332 g/mol. The Morgan fingerprint density at radius 3 is 2.67 bits per heavy atom. The van der Waals surface area contributed by atoms with Crippen LogP contribution >= 0.6 is 0 Å². The molecule has 0 aliphatic rings. The number of ether oxygens (including phenoxy) is 1. The number of hydrogen-bond acceptors (Lipinski definition) is 5. The number of fused-ring (bicyclic) bond motifs is 1. The smallest absolute Gasteiger partial charge is 0.336 e. The number of carbonyl (C=O) groups excluding carboxylic acids is 2. The lowest BCUT2D eigenvalue weighted by Gasteiger charge is -2.17. The average molecular weight is 332 g/mol. The van der Waals surface area contributed by atoms with Gasteiger partial charge in [0.1, 0.15) is 11.3 Å². The SMILES string of the molecule is CNC(=O)CN(C)C(=O)COc1ccc2c(C)cc(=O)oc2c1C. The van der Waals surface area contributed by atoms with Gasteiger partial charge in [-0.15, -0.1) is 0 Å². The Morgan fingerprint density at radius 1 is 1.29 bits per heavy atom. The fourth-order valence-corrected chi connectivity index (χ4v) is 2.29. The molecule has 0 saturated carbocycles. The molecule has 0 atom stereocenters. The maximum atomic E-state index is 12.0. The van der Waals surface area contributed by atoms with E-state index < -0.39 is 5.63 Å². The summed E-state index contributed by atoms with van der Waals surface area (Å²) in [6, 6.07) is 4.95. The van der Waals surface area contributed by atoms with Crippen LogP contribution < -0.4 is 15.7 Å². The molecule has 0 radical (unpaired) electrons. The van der Waals surface area contributed by atoms with Crippen LogP contribution in [0.5, 0.6) is 5.75 Å². The minimum atomic E-state index is -0.429.